The van der Waals surface area contributed by atoms with Crippen molar-refractivity contribution in [3.05, 3.63) is 70.3 Å². The molecule has 2 rings (SSSR count). The van der Waals surface area contributed by atoms with Crippen LogP contribution < -0.4 is 5.32 Å². The molecule has 0 aromatic heterocycles. The number of carbonyl (C=O) groups excluding carboxylic acids is 2. The third kappa shape index (κ3) is 5.14. The molecule has 1 amide bonds. The van der Waals surface area contributed by atoms with E-state index in [0.29, 0.717) is 0 Å². The Balaban J connectivity index is 1.92. The molecule has 0 unspecified atom stereocenters. The van der Waals surface area contributed by atoms with Gasteiger partial charge in [0, 0.05) is 6.07 Å². The van der Waals surface area contributed by atoms with Crippen molar-refractivity contribution in [2.24, 2.45) is 0 Å². The summed E-state index contributed by atoms with van der Waals surface area (Å²) >= 11 is 0. The van der Waals surface area contributed by atoms with E-state index >= 15 is 0 Å². The maximum absolute atomic E-state index is 12.2. The largest absolute Gasteiger partial charge is 0.453 e. The maximum Gasteiger partial charge on any atom is 0.307 e. The fraction of sp³-hybridized carbons (Fsp3) is 0.263. The standard InChI is InChI=1S/C19H20N2O5/c1-13(15-8-4-3-5-9-15)12-18(22)26-14(2)19(23)20-16-10-6-7-11-17(16)21(24)25/h3-11,13-14H,12H2,1-2H3,(H,20,23)/t13-,14-/m0/s1. The number of esters is 1. The van der Waals surface area contributed by atoms with Gasteiger partial charge in [0.2, 0.25) is 0 Å². The van der Waals surface area contributed by atoms with Gasteiger partial charge in [-0.05, 0) is 24.5 Å². The molecule has 136 valence electrons. The molecule has 7 nitrogen and oxygen atoms in total. The van der Waals surface area contributed by atoms with Gasteiger partial charge in [-0.3, -0.25) is 19.7 Å². The first kappa shape index (κ1) is 19.1. The number of amides is 1. The highest BCUT2D eigenvalue weighted by atomic mass is 16.6. The third-order valence-electron chi connectivity index (χ3n) is 3.88. The minimum atomic E-state index is -1.06. The Morgan fingerprint density at radius 2 is 1.69 bits per heavy atom. The summed E-state index contributed by atoms with van der Waals surface area (Å²) in [4.78, 5) is 34.6. The minimum absolute atomic E-state index is 0.0471. The van der Waals surface area contributed by atoms with Crippen LogP contribution in [-0.2, 0) is 14.3 Å². The van der Waals surface area contributed by atoms with Crippen molar-refractivity contribution in [2.75, 3.05) is 5.32 Å². The van der Waals surface area contributed by atoms with E-state index in [1.54, 1.807) is 6.07 Å². The minimum Gasteiger partial charge on any atom is -0.453 e. The molecule has 0 aliphatic heterocycles. The Kier molecular flexibility index (Phi) is 6.43. The van der Waals surface area contributed by atoms with Crippen LogP contribution in [0.5, 0.6) is 0 Å². The summed E-state index contributed by atoms with van der Waals surface area (Å²) in [5.41, 5.74) is 0.835. The van der Waals surface area contributed by atoms with Crippen molar-refractivity contribution in [3.8, 4) is 0 Å². The Labute approximate surface area is 151 Å². The van der Waals surface area contributed by atoms with Gasteiger partial charge < -0.3 is 10.1 Å². The number of para-hydroxylation sites is 2. The summed E-state index contributed by atoms with van der Waals surface area (Å²) in [6, 6.07) is 15.3. The van der Waals surface area contributed by atoms with Gasteiger partial charge in [0.25, 0.3) is 11.6 Å². The van der Waals surface area contributed by atoms with Crippen LogP contribution in [-0.4, -0.2) is 22.9 Å². The second kappa shape index (κ2) is 8.75. The lowest BCUT2D eigenvalue weighted by molar-refractivity contribution is -0.383. The highest BCUT2D eigenvalue weighted by Crippen LogP contribution is 2.24. The lowest BCUT2D eigenvalue weighted by atomic mass is 9.98. The van der Waals surface area contributed by atoms with Crippen LogP contribution in [0.1, 0.15) is 31.7 Å². The molecule has 1 N–H and O–H groups in total. The first-order valence-corrected chi connectivity index (χ1v) is 8.17. The van der Waals surface area contributed by atoms with Crippen molar-refractivity contribution >= 4 is 23.3 Å². The summed E-state index contributed by atoms with van der Waals surface area (Å²) in [7, 11) is 0. The number of hydrogen-bond donors (Lipinski definition) is 1. The summed E-state index contributed by atoms with van der Waals surface area (Å²) in [6.45, 7) is 3.32. The van der Waals surface area contributed by atoms with Gasteiger partial charge in [0.15, 0.2) is 6.10 Å². The zero-order valence-corrected chi connectivity index (χ0v) is 14.5. The van der Waals surface area contributed by atoms with Crippen molar-refractivity contribution in [2.45, 2.75) is 32.3 Å². The van der Waals surface area contributed by atoms with Gasteiger partial charge in [-0.25, -0.2) is 0 Å². The van der Waals surface area contributed by atoms with E-state index in [0.717, 1.165) is 5.56 Å². The average Bonchev–Trinajstić information content (AvgIpc) is 2.62. The highest BCUT2D eigenvalue weighted by Gasteiger charge is 2.22. The molecule has 0 aliphatic carbocycles. The topological polar surface area (TPSA) is 98.5 Å². The summed E-state index contributed by atoms with van der Waals surface area (Å²) in [6.07, 6.45) is -0.932. The second-order valence-electron chi connectivity index (χ2n) is 5.91. The molecule has 26 heavy (non-hydrogen) atoms. The van der Waals surface area contributed by atoms with Crippen molar-refractivity contribution in [3.63, 3.8) is 0 Å². The number of benzene rings is 2. The predicted octanol–water partition coefficient (Wildman–Crippen LogP) is 3.66. The smallest absolute Gasteiger partial charge is 0.307 e. The van der Waals surface area contributed by atoms with Crippen LogP contribution in [0.2, 0.25) is 0 Å². The van der Waals surface area contributed by atoms with Crippen LogP contribution >= 0.6 is 0 Å². The molecule has 2 atom stereocenters. The Hall–Kier alpha value is -3.22. The van der Waals surface area contributed by atoms with Crippen LogP contribution in [0.15, 0.2) is 54.6 Å². The summed E-state index contributed by atoms with van der Waals surface area (Å²) in [5, 5.41) is 13.4. The molecule has 2 aromatic rings. The van der Waals surface area contributed by atoms with E-state index in [2.05, 4.69) is 5.32 Å². The number of nitro benzene ring substituents is 1. The Morgan fingerprint density at radius 1 is 1.08 bits per heavy atom. The van der Waals surface area contributed by atoms with Crippen LogP contribution in [0.25, 0.3) is 0 Å². The molecule has 0 radical (unpaired) electrons. The Bertz CT molecular complexity index is 792. The summed E-state index contributed by atoms with van der Waals surface area (Å²) < 4.78 is 5.16. The van der Waals surface area contributed by atoms with Crippen molar-refractivity contribution < 1.29 is 19.2 Å². The molecule has 0 spiro atoms. The number of hydrogen-bond acceptors (Lipinski definition) is 5. The fourth-order valence-electron chi connectivity index (χ4n) is 2.42. The first-order chi connectivity index (χ1) is 12.4. The Morgan fingerprint density at radius 3 is 2.35 bits per heavy atom. The van der Waals surface area contributed by atoms with Crippen LogP contribution in [0.3, 0.4) is 0 Å². The second-order valence-corrected chi connectivity index (χ2v) is 5.91. The van der Waals surface area contributed by atoms with E-state index in [1.165, 1.54) is 25.1 Å². The molecular formula is C19H20N2O5. The lowest BCUT2D eigenvalue weighted by Gasteiger charge is -2.16. The molecule has 0 saturated carbocycles. The zero-order chi connectivity index (χ0) is 19.1. The quantitative estimate of drug-likeness (QED) is 0.464. The number of anilines is 1. The number of ether oxygens (including phenoxy) is 1. The first-order valence-electron chi connectivity index (χ1n) is 8.17. The monoisotopic (exact) mass is 356 g/mol. The third-order valence-corrected chi connectivity index (χ3v) is 3.88. The molecule has 2 aromatic carbocycles. The number of nitrogens with one attached hydrogen (secondary N) is 1. The normalized spacial score (nSPS) is 12.7. The van der Waals surface area contributed by atoms with E-state index in [4.69, 9.17) is 4.74 Å². The predicted molar refractivity (Wildman–Crippen MR) is 96.8 cm³/mol. The fourth-order valence-corrected chi connectivity index (χ4v) is 2.42. The van der Waals surface area contributed by atoms with E-state index in [9.17, 15) is 19.7 Å². The molecule has 0 bridgehead atoms. The number of rotatable bonds is 7. The average molecular weight is 356 g/mol. The van der Waals surface area contributed by atoms with Gasteiger partial charge in [-0.1, -0.05) is 49.4 Å². The van der Waals surface area contributed by atoms with Gasteiger partial charge in [-0.15, -0.1) is 0 Å². The van der Waals surface area contributed by atoms with Gasteiger partial charge in [0.1, 0.15) is 5.69 Å². The SMILES string of the molecule is C[C@H](OC(=O)C[C@H](C)c1ccccc1)C(=O)Nc1ccccc1[N+](=O)[O-]. The van der Waals surface area contributed by atoms with Crippen molar-refractivity contribution in [1.82, 2.24) is 0 Å². The molecular weight excluding hydrogens is 336 g/mol. The van der Waals surface area contributed by atoms with E-state index in [1.807, 2.05) is 37.3 Å². The lowest BCUT2D eigenvalue weighted by Crippen LogP contribution is -2.30. The molecule has 7 heteroatoms. The number of nitrogens with zero attached hydrogens (tertiary/aromatic N) is 1. The number of nitro groups is 1. The zero-order valence-electron chi connectivity index (χ0n) is 14.5. The number of carbonyl (C=O) groups is 2. The van der Waals surface area contributed by atoms with Gasteiger partial charge >= 0.3 is 5.97 Å². The van der Waals surface area contributed by atoms with Crippen LogP contribution in [0, 0.1) is 10.1 Å². The van der Waals surface area contributed by atoms with Gasteiger partial charge in [0.05, 0.1) is 11.3 Å². The van der Waals surface area contributed by atoms with Crippen LogP contribution in [0.4, 0.5) is 11.4 Å². The molecule has 0 aliphatic rings. The van der Waals surface area contributed by atoms with Crippen molar-refractivity contribution in [1.29, 1.82) is 0 Å². The molecule has 0 heterocycles. The molecule has 0 fully saturated rings. The molecule has 0 saturated heterocycles. The summed E-state index contributed by atoms with van der Waals surface area (Å²) in [5.74, 6) is -1.18. The van der Waals surface area contributed by atoms with E-state index in [-0.39, 0.29) is 23.7 Å². The maximum atomic E-state index is 12.2. The highest BCUT2D eigenvalue weighted by molar-refractivity contribution is 5.96. The van der Waals surface area contributed by atoms with E-state index < -0.39 is 22.9 Å². The van der Waals surface area contributed by atoms with Gasteiger partial charge in [-0.2, -0.15) is 0 Å².